The summed E-state index contributed by atoms with van der Waals surface area (Å²) < 4.78 is 0. The standard InChI is InChI=1S/C15H30N2O.ClH/c1-5-8-15(4,16)13(18)17-11-12-6-9-14(2,3)10-7-12;/h12H,5-11,16H2,1-4H3,(H,17,18);1H. The lowest BCUT2D eigenvalue weighted by atomic mass is 9.73. The summed E-state index contributed by atoms with van der Waals surface area (Å²) >= 11 is 0. The lowest BCUT2D eigenvalue weighted by Crippen LogP contribution is -2.52. The Morgan fingerprint density at radius 1 is 1.37 bits per heavy atom. The minimum atomic E-state index is -0.706. The van der Waals surface area contributed by atoms with Crippen molar-refractivity contribution in [2.75, 3.05) is 6.54 Å². The van der Waals surface area contributed by atoms with Crippen LogP contribution in [0.15, 0.2) is 0 Å². The molecule has 0 saturated heterocycles. The van der Waals surface area contributed by atoms with Gasteiger partial charge in [-0.2, -0.15) is 0 Å². The molecule has 0 aliphatic heterocycles. The van der Waals surface area contributed by atoms with Crippen LogP contribution in [0.3, 0.4) is 0 Å². The van der Waals surface area contributed by atoms with Gasteiger partial charge in [0.05, 0.1) is 5.54 Å². The average molecular weight is 291 g/mol. The summed E-state index contributed by atoms with van der Waals surface area (Å²) in [4.78, 5) is 12.0. The van der Waals surface area contributed by atoms with Gasteiger partial charge in [0.25, 0.3) is 0 Å². The van der Waals surface area contributed by atoms with Gasteiger partial charge in [0.1, 0.15) is 0 Å². The Labute approximate surface area is 124 Å². The second kappa shape index (κ2) is 7.49. The van der Waals surface area contributed by atoms with Crippen molar-refractivity contribution in [2.24, 2.45) is 17.1 Å². The number of rotatable bonds is 5. The largest absolute Gasteiger partial charge is 0.354 e. The van der Waals surface area contributed by atoms with Crippen LogP contribution in [-0.4, -0.2) is 18.0 Å². The monoisotopic (exact) mass is 290 g/mol. The number of hydrogen-bond donors (Lipinski definition) is 2. The van der Waals surface area contributed by atoms with Crippen LogP contribution in [0.25, 0.3) is 0 Å². The Hall–Kier alpha value is -0.280. The summed E-state index contributed by atoms with van der Waals surface area (Å²) in [6, 6.07) is 0. The fraction of sp³-hybridized carbons (Fsp3) is 0.933. The highest BCUT2D eigenvalue weighted by atomic mass is 35.5. The predicted octanol–water partition coefficient (Wildman–Crippen LogP) is 3.26. The highest BCUT2D eigenvalue weighted by molar-refractivity contribution is 5.85. The maximum absolute atomic E-state index is 12.0. The van der Waals surface area contributed by atoms with Crippen molar-refractivity contribution in [1.82, 2.24) is 5.32 Å². The number of carbonyl (C=O) groups excluding carboxylic acids is 1. The molecule has 1 aliphatic carbocycles. The molecule has 0 heterocycles. The van der Waals surface area contributed by atoms with Gasteiger partial charge < -0.3 is 11.1 Å². The normalized spacial score (nSPS) is 22.2. The van der Waals surface area contributed by atoms with Crippen molar-refractivity contribution in [1.29, 1.82) is 0 Å². The molecule has 1 atom stereocenters. The fourth-order valence-electron chi connectivity index (χ4n) is 2.74. The van der Waals surface area contributed by atoms with E-state index in [-0.39, 0.29) is 18.3 Å². The van der Waals surface area contributed by atoms with Crippen LogP contribution in [0.5, 0.6) is 0 Å². The van der Waals surface area contributed by atoms with Gasteiger partial charge in [0, 0.05) is 6.54 Å². The van der Waals surface area contributed by atoms with Crippen LogP contribution in [0, 0.1) is 11.3 Å². The third-order valence-corrected chi connectivity index (χ3v) is 4.30. The molecule has 114 valence electrons. The van der Waals surface area contributed by atoms with E-state index in [1.807, 2.05) is 6.92 Å². The minimum Gasteiger partial charge on any atom is -0.354 e. The smallest absolute Gasteiger partial charge is 0.239 e. The first kappa shape index (κ1) is 18.7. The molecule has 19 heavy (non-hydrogen) atoms. The van der Waals surface area contributed by atoms with Crippen molar-refractivity contribution in [3.63, 3.8) is 0 Å². The number of carbonyl (C=O) groups is 1. The molecular weight excluding hydrogens is 260 g/mol. The average Bonchev–Trinajstić information content (AvgIpc) is 2.27. The number of amides is 1. The SMILES string of the molecule is CCCC(C)(N)C(=O)NCC1CCC(C)(C)CC1.Cl. The zero-order chi connectivity index (χ0) is 13.8. The van der Waals surface area contributed by atoms with Gasteiger partial charge in [0.15, 0.2) is 0 Å². The van der Waals surface area contributed by atoms with Crippen LogP contribution >= 0.6 is 12.4 Å². The maximum atomic E-state index is 12.0. The zero-order valence-electron chi connectivity index (χ0n) is 12.9. The Kier molecular flexibility index (Phi) is 7.38. The van der Waals surface area contributed by atoms with E-state index in [2.05, 4.69) is 26.1 Å². The van der Waals surface area contributed by atoms with Gasteiger partial charge in [-0.15, -0.1) is 12.4 Å². The van der Waals surface area contributed by atoms with E-state index in [0.29, 0.717) is 11.3 Å². The predicted molar refractivity (Wildman–Crippen MR) is 83.5 cm³/mol. The first-order valence-electron chi connectivity index (χ1n) is 7.34. The molecular formula is C15H31ClN2O. The Morgan fingerprint density at radius 2 is 1.89 bits per heavy atom. The highest BCUT2D eigenvalue weighted by Gasteiger charge is 2.30. The van der Waals surface area contributed by atoms with Crippen molar-refractivity contribution < 1.29 is 4.79 Å². The van der Waals surface area contributed by atoms with Crippen LogP contribution in [0.2, 0.25) is 0 Å². The van der Waals surface area contributed by atoms with Crippen LogP contribution in [-0.2, 0) is 4.79 Å². The lowest BCUT2D eigenvalue weighted by molar-refractivity contribution is -0.126. The highest BCUT2D eigenvalue weighted by Crippen LogP contribution is 2.37. The van der Waals surface area contributed by atoms with E-state index in [1.54, 1.807) is 0 Å². The Balaban J connectivity index is 0.00000324. The van der Waals surface area contributed by atoms with Crippen molar-refractivity contribution in [2.45, 2.75) is 71.8 Å². The second-order valence-corrected chi connectivity index (χ2v) is 6.99. The third kappa shape index (κ3) is 6.13. The molecule has 4 heteroatoms. The number of nitrogens with one attached hydrogen (secondary N) is 1. The van der Waals surface area contributed by atoms with Gasteiger partial charge in [-0.05, 0) is 50.4 Å². The van der Waals surface area contributed by atoms with Crippen molar-refractivity contribution in [3.8, 4) is 0 Å². The van der Waals surface area contributed by atoms with Crippen LogP contribution < -0.4 is 11.1 Å². The molecule has 1 amide bonds. The number of hydrogen-bond acceptors (Lipinski definition) is 2. The summed E-state index contributed by atoms with van der Waals surface area (Å²) in [5, 5.41) is 3.04. The second-order valence-electron chi connectivity index (χ2n) is 6.99. The van der Waals surface area contributed by atoms with Gasteiger partial charge in [-0.25, -0.2) is 0 Å². The molecule has 1 unspecified atom stereocenters. The molecule has 1 fully saturated rings. The molecule has 1 saturated carbocycles. The summed E-state index contributed by atoms with van der Waals surface area (Å²) in [5.74, 6) is 0.647. The van der Waals surface area contributed by atoms with E-state index < -0.39 is 5.54 Å². The minimum absolute atomic E-state index is 0. The van der Waals surface area contributed by atoms with Gasteiger partial charge >= 0.3 is 0 Å². The van der Waals surface area contributed by atoms with Crippen molar-refractivity contribution in [3.05, 3.63) is 0 Å². The topological polar surface area (TPSA) is 55.1 Å². The molecule has 0 aromatic rings. The summed E-state index contributed by atoms with van der Waals surface area (Å²) in [5.41, 5.74) is 5.80. The molecule has 0 bridgehead atoms. The zero-order valence-corrected chi connectivity index (χ0v) is 13.7. The molecule has 1 aliphatic rings. The van der Waals surface area contributed by atoms with Crippen molar-refractivity contribution >= 4 is 18.3 Å². The number of halogens is 1. The molecule has 0 aromatic heterocycles. The van der Waals surface area contributed by atoms with E-state index in [4.69, 9.17) is 5.73 Å². The maximum Gasteiger partial charge on any atom is 0.239 e. The lowest BCUT2D eigenvalue weighted by Gasteiger charge is -2.34. The van der Waals surface area contributed by atoms with Crippen LogP contribution in [0.4, 0.5) is 0 Å². The van der Waals surface area contributed by atoms with E-state index >= 15 is 0 Å². The summed E-state index contributed by atoms with van der Waals surface area (Å²) in [6.45, 7) is 9.35. The Bertz CT molecular complexity index is 280. The number of nitrogens with two attached hydrogens (primary N) is 1. The van der Waals surface area contributed by atoms with Gasteiger partial charge in [-0.3, -0.25) is 4.79 Å². The van der Waals surface area contributed by atoms with Gasteiger partial charge in [0.2, 0.25) is 5.91 Å². The van der Waals surface area contributed by atoms with Gasteiger partial charge in [-0.1, -0.05) is 27.2 Å². The fourth-order valence-corrected chi connectivity index (χ4v) is 2.74. The van der Waals surface area contributed by atoms with E-state index in [0.717, 1.165) is 19.4 Å². The van der Waals surface area contributed by atoms with E-state index in [9.17, 15) is 4.79 Å². The van der Waals surface area contributed by atoms with E-state index in [1.165, 1.54) is 25.7 Å². The molecule has 3 nitrogen and oxygen atoms in total. The molecule has 0 radical (unpaired) electrons. The molecule has 0 aromatic carbocycles. The summed E-state index contributed by atoms with van der Waals surface area (Å²) in [6.07, 6.45) is 6.67. The molecule has 1 rings (SSSR count). The Morgan fingerprint density at radius 3 is 2.37 bits per heavy atom. The molecule has 0 spiro atoms. The first-order valence-corrected chi connectivity index (χ1v) is 7.34. The molecule has 3 N–H and O–H groups in total. The first-order chi connectivity index (χ1) is 8.27. The third-order valence-electron chi connectivity index (χ3n) is 4.30. The summed E-state index contributed by atoms with van der Waals surface area (Å²) in [7, 11) is 0. The quantitative estimate of drug-likeness (QED) is 0.816. The van der Waals surface area contributed by atoms with Crippen LogP contribution in [0.1, 0.15) is 66.2 Å².